The van der Waals surface area contributed by atoms with Crippen molar-refractivity contribution >= 4 is 0 Å². The minimum Gasteiger partial charge on any atom is -0.376 e. The second-order valence-electron chi connectivity index (χ2n) is 5.12. The third-order valence-electron chi connectivity index (χ3n) is 3.74. The number of hydrogen-bond donors (Lipinski definition) is 1. The molecule has 0 radical (unpaired) electrons. The van der Waals surface area contributed by atoms with E-state index in [0.29, 0.717) is 11.7 Å². The smallest absolute Gasteiger partial charge is 0.127 e. The summed E-state index contributed by atoms with van der Waals surface area (Å²) in [7, 11) is 0. The van der Waals surface area contributed by atoms with E-state index in [0.717, 1.165) is 39.1 Å². The molecule has 1 aliphatic rings. The molecule has 4 heteroatoms. The average Bonchev–Trinajstić information content (AvgIpc) is 2.45. The second-order valence-corrected chi connectivity index (χ2v) is 5.12. The van der Waals surface area contributed by atoms with Crippen molar-refractivity contribution in [2.24, 2.45) is 5.73 Å². The van der Waals surface area contributed by atoms with E-state index in [-0.39, 0.29) is 11.9 Å². The van der Waals surface area contributed by atoms with Gasteiger partial charge in [0.1, 0.15) is 5.82 Å². The van der Waals surface area contributed by atoms with Crippen LogP contribution in [-0.4, -0.2) is 37.2 Å². The maximum Gasteiger partial charge on any atom is 0.127 e. The van der Waals surface area contributed by atoms with E-state index in [2.05, 4.69) is 11.8 Å². The molecule has 2 atom stereocenters. The van der Waals surface area contributed by atoms with E-state index in [1.54, 1.807) is 12.1 Å². The molecule has 2 rings (SSSR count). The Morgan fingerprint density at radius 1 is 1.47 bits per heavy atom. The van der Waals surface area contributed by atoms with E-state index in [1.807, 2.05) is 6.07 Å². The first-order chi connectivity index (χ1) is 9.20. The van der Waals surface area contributed by atoms with Crippen molar-refractivity contribution in [3.8, 4) is 0 Å². The van der Waals surface area contributed by atoms with Gasteiger partial charge in [-0.05, 0) is 18.9 Å². The minimum absolute atomic E-state index is 0.205. The van der Waals surface area contributed by atoms with E-state index in [4.69, 9.17) is 10.5 Å². The number of nitrogens with two attached hydrogens (primary N) is 1. The number of halogens is 1. The van der Waals surface area contributed by atoms with Gasteiger partial charge in [0, 0.05) is 31.2 Å². The van der Waals surface area contributed by atoms with Gasteiger partial charge in [0.2, 0.25) is 0 Å². The Bertz CT molecular complexity index is 399. The van der Waals surface area contributed by atoms with Crippen LogP contribution in [0.4, 0.5) is 4.39 Å². The van der Waals surface area contributed by atoms with Crippen LogP contribution in [0.25, 0.3) is 0 Å². The minimum atomic E-state index is -0.232. The summed E-state index contributed by atoms with van der Waals surface area (Å²) in [5.41, 5.74) is 6.70. The Labute approximate surface area is 114 Å². The van der Waals surface area contributed by atoms with E-state index < -0.39 is 0 Å². The molecule has 1 aromatic carbocycles. The van der Waals surface area contributed by atoms with Crippen LogP contribution < -0.4 is 5.73 Å². The van der Waals surface area contributed by atoms with Gasteiger partial charge in [-0.25, -0.2) is 4.39 Å². The van der Waals surface area contributed by atoms with Crippen molar-refractivity contribution in [3.05, 3.63) is 35.6 Å². The molecule has 2 N–H and O–H groups in total. The second kappa shape index (κ2) is 6.98. The summed E-state index contributed by atoms with van der Waals surface area (Å²) in [5, 5.41) is 0. The third kappa shape index (κ3) is 4.00. The highest BCUT2D eigenvalue weighted by atomic mass is 19.1. The maximum absolute atomic E-state index is 13.6. The van der Waals surface area contributed by atoms with E-state index >= 15 is 0 Å². The first kappa shape index (κ1) is 14.4. The molecule has 0 spiro atoms. The maximum atomic E-state index is 13.6. The zero-order chi connectivity index (χ0) is 13.7. The monoisotopic (exact) mass is 266 g/mol. The fourth-order valence-electron chi connectivity index (χ4n) is 2.48. The summed E-state index contributed by atoms with van der Waals surface area (Å²) >= 11 is 0. The molecule has 106 valence electrons. The molecule has 1 saturated heterocycles. The van der Waals surface area contributed by atoms with Gasteiger partial charge in [0.05, 0.1) is 12.7 Å². The van der Waals surface area contributed by atoms with Crippen molar-refractivity contribution in [3.63, 3.8) is 0 Å². The SMILES string of the molecule is CCC1CN(CCC(N)c2ccccc2F)CCO1. The summed E-state index contributed by atoms with van der Waals surface area (Å²) in [6.07, 6.45) is 2.14. The summed E-state index contributed by atoms with van der Waals surface area (Å²) in [5.74, 6) is -0.205. The Hall–Kier alpha value is -0.970. The van der Waals surface area contributed by atoms with Crippen LogP contribution in [-0.2, 0) is 4.74 Å². The molecule has 0 aliphatic carbocycles. The van der Waals surface area contributed by atoms with Crippen molar-refractivity contribution in [2.75, 3.05) is 26.2 Å². The Kier molecular flexibility index (Phi) is 5.31. The number of rotatable bonds is 5. The Morgan fingerprint density at radius 3 is 3.00 bits per heavy atom. The van der Waals surface area contributed by atoms with Crippen LogP contribution in [0.2, 0.25) is 0 Å². The van der Waals surface area contributed by atoms with Crippen LogP contribution in [0.3, 0.4) is 0 Å². The van der Waals surface area contributed by atoms with Gasteiger partial charge in [0.15, 0.2) is 0 Å². The number of benzene rings is 1. The topological polar surface area (TPSA) is 38.5 Å². The molecule has 1 aliphatic heterocycles. The van der Waals surface area contributed by atoms with Gasteiger partial charge in [-0.2, -0.15) is 0 Å². The highest BCUT2D eigenvalue weighted by molar-refractivity contribution is 5.20. The first-order valence-electron chi connectivity index (χ1n) is 7.04. The summed E-state index contributed by atoms with van der Waals surface area (Å²) < 4.78 is 19.2. The van der Waals surface area contributed by atoms with Crippen LogP contribution in [0.5, 0.6) is 0 Å². The highest BCUT2D eigenvalue weighted by Crippen LogP contribution is 2.18. The van der Waals surface area contributed by atoms with Gasteiger partial charge < -0.3 is 10.5 Å². The molecule has 0 amide bonds. The molecule has 2 unspecified atom stereocenters. The van der Waals surface area contributed by atoms with E-state index in [9.17, 15) is 4.39 Å². The molecule has 1 aromatic rings. The summed E-state index contributed by atoms with van der Waals surface area (Å²) in [6.45, 7) is 5.73. The molecule has 3 nitrogen and oxygen atoms in total. The van der Waals surface area contributed by atoms with Crippen molar-refractivity contribution in [2.45, 2.75) is 31.9 Å². The number of hydrogen-bond acceptors (Lipinski definition) is 3. The Morgan fingerprint density at radius 2 is 2.26 bits per heavy atom. The van der Waals surface area contributed by atoms with Gasteiger partial charge in [0.25, 0.3) is 0 Å². The van der Waals surface area contributed by atoms with Crippen LogP contribution in [0.1, 0.15) is 31.4 Å². The molecule has 1 heterocycles. The molecular weight excluding hydrogens is 243 g/mol. The van der Waals surface area contributed by atoms with Crippen molar-refractivity contribution in [1.29, 1.82) is 0 Å². The quantitative estimate of drug-likeness (QED) is 0.889. The first-order valence-corrected chi connectivity index (χ1v) is 7.04. The van der Waals surface area contributed by atoms with Gasteiger partial charge >= 0.3 is 0 Å². The fourth-order valence-corrected chi connectivity index (χ4v) is 2.48. The van der Waals surface area contributed by atoms with Gasteiger partial charge in [-0.3, -0.25) is 4.90 Å². The molecular formula is C15H23FN2O. The van der Waals surface area contributed by atoms with Crippen molar-refractivity contribution in [1.82, 2.24) is 4.90 Å². The lowest BCUT2D eigenvalue weighted by atomic mass is 10.0. The largest absolute Gasteiger partial charge is 0.376 e. The van der Waals surface area contributed by atoms with E-state index in [1.165, 1.54) is 6.07 Å². The van der Waals surface area contributed by atoms with Crippen LogP contribution in [0.15, 0.2) is 24.3 Å². The molecule has 0 bridgehead atoms. The standard InChI is InChI=1S/C15H23FN2O/c1-2-12-11-18(9-10-19-12)8-7-15(17)13-5-3-4-6-14(13)16/h3-6,12,15H,2,7-11,17H2,1H3. The lowest BCUT2D eigenvalue weighted by Gasteiger charge is -2.33. The predicted octanol–water partition coefficient (Wildman–Crippen LogP) is 2.33. The van der Waals surface area contributed by atoms with Crippen LogP contribution >= 0.6 is 0 Å². The average molecular weight is 266 g/mol. The van der Waals surface area contributed by atoms with Crippen LogP contribution in [0, 0.1) is 5.82 Å². The molecule has 0 aromatic heterocycles. The van der Waals surface area contributed by atoms with Crippen molar-refractivity contribution < 1.29 is 9.13 Å². The summed E-state index contributed by atoms with van der Waals surface area (Å²) in [4.78, 5) is 2.36. The molecule has 19 heavy (non-hydrogen) atoms. The normalized spacial score (nSPS) is 22.4. The fraction of sp³-hybridized carbons (Fsp3) is 0.600. The van der Waals surface area contributed by atoms with Gasteiger partial charge in [-0.1, -0.05) is 25.1 Å². The Balaban J connectivity index is 1.83. The molecule has 1 fully saturated rings. The number of morpholine rings is 1. The zero-order valence-electron chi connectivity index (χ0n) is 11.5. The third-order valence-corrected chi connectivity index (χ3v) is 3.74. The lowest BCUT2D eigenvalue weighted by Crippen LogP contribution is -2.43. The molecule has 0 saturated carbocycles. The number of ether oxygens (including phenoxy) is 1. The van der Waals surface area contributed by atoms with Gasteiger partial charge in [-0.15, -0.1) is 0 Å². The highest BCUT2D eigenvalue weighted by Gasteiger charge is 2.20. The predicted molar refractivity (Wildman–Crippen MR) is 74.4 cm³/mol. The number of nitrogens with zero attached hydrogens (tertiary/aromatic N) is 1. The summed E-state index contributed by atoms with van der Waals surface area (Å²) in [6, 6.07) is 6.54. The lowest BCUT2D eigenvalue weighted by molar-refractivity contribution is -0.0303. The zero-order valence-corrected chi connectivity index (χ0v) is 11.5.